The Bertz CT molecular complexity index is 1330. The zero-order chi connectivity index (χ0) is 28.5. The first-order chi connectivity index (χ1) is 19.1. The number of likely N-dealkylation sites (tertiary alicyclic amines) is 1. The van der Waals surface area contributed by atoms with Crippen molar-refractivity contribution < 1.29 is 32.3 Å². The number of carbonyl (C=O) groups is 3. The van der Waals surface area contributed by atoms with Crippen LogP contribution in [0.25, 0.3) is 0 Å². The number of hydrogen-bond acceptors (Lipinski definition) is 9. The van der Waals surface area contributed by atoms with Crippen LogP contribution in [0.5, 0.6) is 5.75 Å². The summed E-state index contributed by atoms with van der Waals surface area (Å²) in [5, 5.41) is 22.6. The van der Waals surface area contributed by atoms with Crippen LogP contribution in [0.15, 0.2) is 36.4 Å². The van der Waals surface area contributed by atoms with Crippen LogP contribution < -0.4 is 15.4 Å². The number of benzene rings is 1. The summed E-state index contributed by atoms with van der Waals surface area (Å²) in [7, 11) is 0. The number of aromatic nitrogens is 4. The van der Waals surface area contributed by atoms with Gasteiger partial charge in [0.2, 0.25) is 22.9 Å². The largest absolute Gasteiger partial charge is 0.573 e. The SMILES string of the molecule is O=C(Cc1cccc(OC(F)(F)F)c1)Nc1ccc(CCCCc2nnc(NC(=O)CN3CCCC3=O)s2)nn1. The van der Waals surface area contributed by atoms with E-state index < -0.39 is 18.0 Å². The number of nitrogens with zero attached hydrogens (tertiary/aromatic N) is 5. The molecule has 11 nitrogen and oxygen atoms in total. The van der Waals surface area contributed by atoms with Crippen molar-refractivity contribution in [3.63, 3.8) is 0 Å². The second-order valence-electron chi connectivity index (χ2n) is 9.01. The summed E-state index contributed by atoms with van der Waals surface area (Å²) in [4.78, 5) is 37.6. The number of unbranched alkanes of at least 4 members (excludes halogenated alkanes) is 1. The Labute approximate surface area is 231 Å². The molecule has 0 spiro atoms. The monoisotopic (exact) mass is 577 g/mol. The van der Waals surface area contributed by atoms with Crippen LogP contribution in [0.1, 0.15) is 41.9 Å². The van der Waals surface area contributed by atoms with E-state index in [1.54, 1.807) is 12.1 Å². The normalized spacial score (nSPS) is 13.4. The topological polar surface area (TPSA) is 139 Å². The summed E-state index contributed by atoms with van der Waals surface area (Å²) in [5.41, 5.74) is 1.09. The molecular formula is C25H26F3N7O4S. The molecule has 0 radical (unpaired) electrons. The molecule has 2 aromatic heterocycles. The summed E-state index contributed by atoms with van der Waals surface area (Å²) in [6.07, 6.45) is -0.782. The Hall–Kier alpha value is -4.14. The van der Waals surface area contributed by atoms with Gasteiger partial charge in [0.15, 0.2) is 5.82 Å². The molecule has 1 aliphatic heterocycles. The minimum Gasteiger partial charge on any atom is -0.406 e. The number of anilines is 2. The number of amides is 3. The molecule has 1 saturated heterocycles. The molecule has 3 heterocycles. The van der Waals surface area contributed by atoms with Crippen LogP contribution in [0.4, 0.5) is 24.1 Å². The molecule has 0 atom stereocenters. The lowest BCUT2D eigenvalue weighted by Crippen LogP contribution is -2.33. The summed E-state index contributed by atoms with van der Waals surface area (Å²) in [5.74, 6) is -0.926. The number of rotatable bonds is 12. The lowest BCUT2D eigenvalue weighted by Gasteiger charge is -2.13. The summed E-state index contributed by atoms with van der Waals surface area (Å²) >= 11 is 1.29. The predicted octanol–water partition coefficient (Wildman–Crippen LogP) is 3.53. The van der Waals surface area contributed by atoms with E-state index in [0.717, 1.165) is 42.1 Å². The minimum atomic E-state index is -4.81. The molecule has 0 unspecified atom stereocenters. The molecule has 40 heavy (non-hydrogen) atoms. The van der Waals surface area contributed by atoms with E-state index in [2.05, 4.69) is 35.8 Å². The Morgan fingerprint density at radius 3 is 2.55 bits per heavy atom. The van der Waals surface area contributed by atoms with Gasteiger partial charge in [-0.05, 0) is 55.5 Å². The fraction of sp³-hybridized carbons (Fsp3) is 0.400. The summed E-state index contributed by atoms with van der Waals surface area (Å²) in [6, 6.07) is 8.56. The third-order valence-corrected chi connectivity index (χ3v) is 6.68. The highest BCUT2D eigenvalue weighted by atomic mass is 32.1. The minimum absolute atomic E-state index is 0.0137. The van der Waals surface area contributed by atoms with Crippen molar-refractivity contribution in [3.8, 4) is 5.75 Å². The molecule has 3 aromatic rings. The molecule has 0 bridgehead atoms. The molecule has 212 valence electrons. The molecule has 15 heteroatoms. The van der Waals surface area contributed by atoms with E-state index in [-0.39, 0.29) is 30.6 Å². The molecule has 3 amide bonds. The molecule has 4 rings (SSSR count). The maximum atomic E-state index is 12.4. The highest BCUT2D eigenvalue weighted by Gasteiger charge is 2.31. The first kappa shape index (κ1) is 28.9. The van der Waals surface area contributed by atoms with Crippen molar-refractivity contribution in [2.45, 2.75) is 51.3 Å². The predicted molar refractivity (Wildman–Crippen MR) is 138 cm³/mol. The van der Waals surface area contributed by atoms with Gasteiger partial charge in [0.1, 0.15) is 10.8 Å². The Kier molecular flexibility index (Phi) is 9.58. The van der Waals surface area contributed by atoms with E-state index in [0.29, 0.717) is 36.5 Å². The maximum absolute atomic E-state index is 12.4. The van der Waals surface area contributed by atoms with Gasteiger partial charge >= 0.3 is 6.36 Å². The van der Waals surface area contributed by atoms with Crippen molar-refractivity contribution in [1.82, 2.24) is 25.3 Å². The standard InChI is InChI=1S/C25H26F3N7O4S/c26-25(27,28)39-18-7-3-5-16(13-18)14-20(36)29-19-11-10-17(31-32-19)6-1-2-8-22-33-34-24(40-22)30-21(37)15-35-12-4-9-23(35)38/h3,5,7,10-11,13H,1-2,4,6,8-9,12,14-15H2,(H,29,32,36)(H,30,34,37). The Morgan fingerprint density at radius 2 is 1.82 bits per heavy atom. The quantitative estimate of drug-likeness (QED) is 0.312. The van der Waals surface area contributed by atoms with Crippen molar-refractivity contribution >= 4 is 40.0 Å². The molecule has 0 saturated carbocycles. The van der Waals surface area contributed by atoms with Crippen LogP contribution in [-0.2, 0) is 33.6 Å². The molecule has 1 aromatic carbocycles. The smallest absolute Gasteiger partial charge is 0.406 e. The molecule has 0 aliphatic carbocycles. The zero-order valence-electron chi connectivity index (χ0n) is 21.2. The fourth-order valence-electron chi connectivity index (χ4n) is 3.98. The lowest BCUT2D eigenvalue weighted by molar-refractivity contribution is -0.274. The van der Waals surface area contributed by atoms with Gasteiger partial charge < -0.3 is 15.0 Å². The number of aryl methyl sites for hydroxylation is 2. The lowest BCUT2D eigenvalue weighted by atomic mass is 10.1. The second-order valence-corrected chi connectivity index (χ2v) is 10.1. The maximum Gasteiger partial charge on any atom is 0.573 e. The molecule has 1 fully saturated rings. The number of hydrogen-bond donors (Lipinski definition) is 2. The molecule has 2 N–H and O–H groups in total. The van der Waals surface area contributed by atoms with Gasteiger partial charge in [0.25, 0.3) is 0 Å². The zero-order valence-corrected chi connectivity index (χ0v) is 22.1. The van der Waals surface area contributed by atoms with E-state index in [1.165, 1.54) is 28.4 Å². The highest BCUT2D eigenvalue weighted by Crippen LogP contribution is 2.24. The average molecular weight is 578 g/mol. The van der Waals surface area contributed by atoms with Gasteiger partial charge in [0, 0.05) is 19.4 Å². The highest BCUT2D eigenvalue weighted by molar-refractivity contribution is 7.15. The van der Waals surface area contributed by atoms with Gasteiger partial charge in [-0.15, -0.1) is 28.5 Å². The Balaban J connectivity index is 1.15. The third-order valence-electron chi connectivity index (χ3n) is 5.78. The summed E-state index contributed by atoms with van der Waals surface area (Å²) in [6.45, 7) is 0.614. The van der Waals surface area contributed by atoms with Gasteiger partial charge in [-0.2, -0.15) is 5.10 Å². The summed E-state index contributed by atoms with van der Waals surface area (Å²) < 4.78 is 41.0. The first-order valence-electron chi connectivity index (χ1n) is 12.5. The van der Waals surface area contributed by atoms with Crippen LogP contribution >= 0.6 is 11.3 Å². The van der Waals surface area contributed by atoms with Crippen LogP contribution in [0.3, 0.4) is 0 Å². The average Bonchev–Trinajstić information content (AvgIpc) is 3.50. The Morgan fingerprint density at radius 1 is 1.00 bits per heavy atom. The fourth-order valence-corrected chi connectivity index (χ4v) is 4.77. The third kappa shape index (κ3) is 9.25. The number of carbonyl (C=O) groups excluding carboxylic acids is 3. The van der Waals surface area contributed by atoms with E-state index in [1.807, 2.05) is 0 Å². The van der Waals surface area contributed by atoms with Crippen LogP contribution in [0, 0.1) is 0 Å². The van der Waals surface area contributed by atoms with Gasteiger partial charge in [-0.1, -0.05) is 23.5 Å². The van der Waals surface area contributed by atoms with E-state index in [4.69, 9.17) is 0 Å². The number of halogens is 3. The van der Waals surface area contributed by atoms with Crippen molar-refractivity contribution in [2.24, 2.45) is 0 Å². The van der Waals surface area contributed by atoms with Crippen LogP contribution in [0.2, 0.25) is 0 Å². The van der Waals surface area contributed by atoms with Gasteiger partial charge in [0.05, 0.1) is 18.7 Å². The number of alkyl halides is 3. The van der Waals surface area contributed by atoms with Crippen molar-refractivity contribution in [3.05, 3.63) is 52.7 Å². The van der Waals surface area contributed by atoms with Gasteiger partial charge in [-0.25, -0.2) is 0 Å². The van der Waals surface area contributed by atoms with Crippen molar-refractivity contribution in [1.29, 1.82) is 0 Å². The second kappa shape index (κ2) is 13.3. The molecular weight excluding hydrogens is 551 g/mol. The van der Waals surface area contributed by atoms with Crippen molar-refractivity contribution in [2.75, 3.05) is 23.7 Å². The number of ether oxygens (including phenoxy) is 1. The van der Waals surface area contributed by atoms with E-state index >= 15 is 0 Å². The first-order valence-corrected chi connectivity index (χ1v) is 13.3. The van der Waals surface area contributed by atoms with Gasteiger partial charge in [-0.3, -0.25) is 19.7 Å². The van der Waals surface area contributed by atoms with E-state index in [9.17, 15) is 27.6 Å². The van der Waals surface area contributed by atoms with Crippen LogP contribution in [-0.4, -0.2) is 62.5 Å². The molecule has 1 aliphatic rings. The number of nitrogens with one attached hydrogen (secondary N) is 2.